The van der Waals surface area contributed by atoms with Crippen molar-refractivity contribution < 1.29 is 24.9 Å². The Balaban J connectivity index is 3.75. The van der Waals surface area contributed by atoms with Crippen LogP contribution in [0.5, 0.6) is 5.75 Å². The van der Waals surface area contributed by atoms with Gasteiger partial charge in [0, 0.05) is 6.07 Å². The topological polar surface area (TPSA) is 144 Å². The van der Waals surface area contributed by atoms with Gasteiger partial charge in [0.25, 0.3) is 0 Å². The van der Waals surface area contributed by atoms with E-state index in [1.807, 2.05) is 0 Å². The highest BCUT2D eigenvalue weighted by Crippen LogP contribution is 2.38. The summed E-state index contributed by atoms with van der Waals surface area (Å²) < 4.78 is 0. The van der Waals surface area contributed by atoms with Gasteiger partial charge in [0.15, 0.2) is 0 Å². The molecular formula is C8H6N2O7. The number of carboxylic acids is 1. The lowest BCUT2D eigenvalue weighted by Gasteiger charge is -2.04. The van der Waals surface area contributed by atoms with E-state index in [1.54, 1.807) is 0 Å². The van der Waals surface area contributed by atoms with Crippen LogP contribution in [0.2, 0.25) is 0 Å². The third-order valence-corrected chi connectivity index (χ3v) is 2.10. The van der Waals surface area contributed by atoms with Gasteiger partial charge in [-0.25, -0.2) is 4.79 Å². The molecule has 0 amide bonds. The molecule has 0 heterocycles. The minimum Gasteiger partial charge on any atom is -0.506 e. The van der Waals surface area contributed by atoms with Crippen molar-refractivity contribution in [3.63, 3.8) is 0 Å². The number of phenols is 1. The molecule has 0 aliphatic carbocycles. The fourth-order valence-corrected chi connectivity index (χ4v) is 1.31. The van der Waals surface area contributed by atoms with Crippen LogP contribution in [0.25, 0.3) is 0 Å². The number of nitrogens with zero attached hydrogens (tertiary/aromatic N) is 2. The molecule has 1 aromatic carbocycles. The average Bonchev–Trinajstić information content (AvgIpc) is 2.19. The first-order chi connectivity index (χ1) is 7.77. The second kappa shape index (κ2) is 4.04. The fourth-order valence-electron chi connectivity index (χ4n) is 1.31. The lowest BCUT2D eigenvalue weighted by atomic mass is 10.1. The number of hydrogen-bond donors (Lipinski definition) is 2. The lowest BCUT2D eigenvalue weighted by Crippen LogP contribution is -2.04. The summed E-state index contributed by atoms with van der Waals surface area (Å²) in [5, 5.41) is 39.3. The zero-order chi connectivity index (χ0) is 13.3. The quantitative estimate of drug-likeness (QED) is 0.598. The van der Waals surface area contributed by atoms with E-state index in [0.717, 1.165) is 6.92 Å². The smallest absolute Gasteiger partial charge is 0.352 e. The van der Waals surface area contributed by atoms with Crippen LogP contribution in [0.4, 0.5) is 11.4 Å². The summed E-state index contributed by atoms with van der Waals surface area (Å²) in [5.74, 6) is -2.46. The number of carboxylic acid groups (broad SMARTS) is 1. The summed E-state index contributed by atoms with van der Waals surface area (Å²) >= 11 is 0. The molecule has 1 rings (SSSR count). The molecular weight excluding hydrogens is 236 g/mol. The maximum Gasteiger partial charge on any atom is 0.352 e. The highest BCUT2D eigenvalue weighted by atomic mass is 16.6. The van der Waals surface area contributed by atoms with Crippen molar-refractivity contribution in [1.29, 1.82) is 0 Å². The van der Waals surface area contributed by atoms with Crippen molar-refractivity contribution in [2.24, 2.45) is 0 Å². The van der Waals surface area contributed by atoms with Gasteiger partial charge in [0.05, 0.1) is 15.4 Å². The van der Waals surface area contributed by atoms with Crippen molar-refractivity contribution >= 4 is 17.3 Å². The van der Waals surface area contributed by atoms with Crippen LogP contribution in [0.15, 0.2) is 6.07 Å². The number of rotatable bonds is 3. The minimum atomic E-state index is -1.61. The van der Waals surface area contributed by atoms with E-state index in [4.69, 9.17) is 5.11 Å². The van der Waals surface area contributed by atoms with Crippen molar-refractivity contribution in [1.82, 2.24) is 0 Å². The number of nitro benzene ring substituents is 2. The normalized spacial score (nSPS) is 9.94. The Kier molecular flexibility index (Phi) is 2.94. The number of aromatic carboxylic acids is 1. The zero-order valence-corrected chi connectivity index (χ0v) is 8.41. The van der Waals surface area contributed by atoms with E-state index in [2.05, 4.69) is 0 Å². The molecule has 0 aliphatic heterocycles. The first-order valence-corrected chi connectivity index (χ1v) is 4.16. The van der Waals surface area contributed by atoms with E-state index in [9.17, 15) is 30.1 Å². The van der Waals surface area contributed by atoms with E-state index in [-0.39, 0.29) is 0 Å². The predicted octanol–water partition coefficient (Wildman–Crippen LogP) is 1.22. The predicted molar refractivity (Wildman–Crippen MR) is 53.1 cm³/mol. The molecule has 0 fully saturated rings. The Bertz CT molecular complexity index is 537. The molecule has 9 nitrogen and oxygen atoms in total. The van der Waals surface area contributed by atoms with E-state index in [0.29, 0.717) is 6.07 Å². The van der Waals surface area contributed by atoms with Crippen molar-refractivity contribution in [3.05, 3.63) is 37.4 Å². The second-order valence-electron chi connectivity index (χ2n) is 3.08. The SMILES string of the molecule is Cc1c(O)c(C(=O)O)cc([N+](=O)[O-])c1[N+](=O)[O-]. The highest BCUT2D eigenvalue weighted by molar-refractivity contribution is 5.93. The molecule has 1 aromatic rings. The van der Waals surface area contributed by atoms with Crippen LogP contribution in [0.1, 0.15) is 15.9 Å². The molecule has 0 spiro atoms. The number of aromatic hydroxyl groups is 1. The first kappa shape index (κ1) is 12.4. The molecule has 0 atom stereocenters. The van der Waals surface area contributed by atoms with Gasteiger partial charge in [0.2, 0.25) is 0 Å². The Morgan fingerprint density at radius 2 is 1.82 bits per heavy atom. The number of hydrogen-bond acceptors (Lipinski definition) is 6. The molecule has 0 aromatic heterocycles. The molecule has 0 saturated heterocycles. The van der Waals surface area contributed by atoms with Crippen LogP contribution < -0.4 is 0 Å². The third-order valence-electron chi connectivity index (χ3n) is 2.10. The van der Waals surface area contributed by atoms with Crippen LogP contribution in [-0.4, -0.2) is 26.0 Å². The highest BCUT2D eigenvalue weighted by Gasteiger charge is 2.32. The molecule has 17 heavy (non-hydrogen) atoms. The van der Waals surface area contributed by atoms with Crippen molar-refractivity contribution in [2.45, 2.75) is 6.92 Å². The lowest BCUT2D eigenvalue weighted by molar-refractivity contribution is -0.422. The third kappa shape index (κ3) is 1.97. The molecule has 2 N–H and O–H groups in total. The van der Waals surface area contributed by atoms with E-state index >= 15 is 0 Å². The maximum atomic E-state index is 10.7. The fraction of sp³-hybridized carbons (Fsp3) is 0.125. The molecule has 0 saturated carbocycles. The van der Waals surface area contributed by atoms with Crippen LogP contribution in [-0.2, 0) is 0 Å². The van der Waals surface area contributed by atoms with Crippen LogP contribution in [0.3, 0.4) is 0 Å². The second-order valence-corrected chi connectivity index (χ2v) is 3.08. The average molecular weight is 242 g/mol. The molecule has 0 aliphatic rings. The Morgan fingerprint density at radius 1 is 1.29 bits per heavy atom. The summed E-state index contributed by atoms with van der Waals surface area (Å²) in [5.41, 5.74) is -3.10. The molecule has 0 unspecified atom stereocenters. The molecule has 9 heteroatoms. The molecule has 0 radical (unpaired) electrons. The van der Waals surface area contributed by atoms with Crippen molar-refractivity contribution in [3.8, 4) is 5.75 Å². The summed E-state index contributed by atoms with van der Waals surface area (Å²) in [6, 6.07) is 0.461. The summed E-state index contributed by atoms with van der Waals surface area (Å²) in [4.78, 5) is 29.8. The van der Waals surface area contributed by atoms with Gasteiger partial charge < -0.3 is 10.2 Å². The van der Waals surface area contributed by atoms with Crippen LogP contribution in [0, 0.1) is 27.2 Å². The van der Waals surface area contributed by atoms with Gasteiger partial charge in [-0.15, -0.1) is 0 Å². The maximum absolute atomic E-state index is 10.7. The Labute approximate surface area is 93.2 Å². The largest absolute Gasteiger partial charge is 0.506 e. The van der Waals surface area contributed by atoms with E-state index in [1.165, 1.54) is 0 Å². The number of carbonyl (C=O) groups is 1. The standard InChI is InChI=1S/C8H6N2O7/c1-3-6(10(16)17)5(9(14)15)2-4(7(3)11)8(12)13/h2,11H,1H3,(H,12,13). The Morgan fingerprint density at radius 3 is 2.18 bits per heavy atom. The van der Waals surface area contributed by atoms with Gasteiger partial charge in [-0.2, -0.15) is 0 Å². The minimum absolute atomic E-state index is 0.457. The van der Waals surface area contributed by atoms with Crippen molar-refractivity contribution in [2.75, 3.05) is 0 Å². The van der Waals surface area contributed by atoms with E-state index < -0.39 is 44.1 Å². The molecule has 90 valence electrons. The summed E-state index contributed by atoms with van der Waals surface area (Å²) in [7, 11) is 0. The van der Waals surface area contributed by atoms with Gasteiger partial charge in [-0.05, 0) is 6.92 Å². The van der Waals surface area contributed by atoms with Gasteiger partial charge in [0.1, 0.15) is 11.3 Å². The number of nitro groups is 2. The first-order valence-electron chi connectivity index (χ1n) is 4.16. The van der Waals surface area contributed by atoms with Crippen LogP contribution >= 0.6 is 0 Å². The Hall–Kier alpha value is -2.71. The van der Waals surface area contributed by atoms with Gasteiger partial charge >= 0.3 is 17.3 Å². The monoisotopic (exact) mass is 242 g/mol. The zero-order valence-electron chi connectivity index (χ0n) is 8.41. The van der Waals surface area contributed by atoms with Gasteiger partial charge in [-0.1, -0.05) is 0 Å². The van der Waals surface area contributed by atoms with Gasteiger partial charge in [-0.3, -0.25) is 20.2 Å². The molecule has 0 bridgehead atoms. The summed E-state index contributed by atoms with van der Waals surface area (Å²) in [6.07, 6.45) is 0. The number of benzene rings is 1. The summed E-state index contributed by atoms with van der Waals surface area (Å²) in [6.45, 7) is 1.03.